The predicted molar refractivity (Wildman–Crippen MR) is 129 cm³/mol. The Morgan fingerprint density at radius 3 is 1.93 bits per heavy atom. The van der Waals surface area contributed by atoms with Crippen molar-refractivity contribution in [2.45, 2.75) is 90.9 Å². The van der Waals surface area contributed by atoms with E-state index in [1.807, 2.05) is 31.2 Å². The Labute approximate surface area is 185 Å². The average molecular weight is 407 g/mol. The van der Waals surface area contributed by atoms with Crippen molar-refractivity contribution in [3.05, 3.63) is 42.0 Å². The first-order valence-corrected chi connectivity index (χ1v) is 12.7. The number of hydrogen-bond acceptors (Lipinski definition) is 1. The number of rotatable bonds is 8. The van der Waals surface area contributed by atoms with Crippen molar-refractivity contribution in [1.82, 2.24) is 0 Å². The second-order valence-corrected chi connectivity index (χ2v) is 9.62. The minimum absolute atomic E-state index is 0.704. The second-order valence-electron chi connectivity index (χ2n) is 9.62. The van der Waals surface area contributed by atoms with Gasteiger partial charge in [-0.1, -0.05) is 76.2 Å². The van der Waals surface area contributed by atoms with Crippen LogP contribution in [0.25, 0.3) is 0 Å². The Balaban J connectivity index is 1.31. The molecule has 30 heavy (non-hydrogen) atoms. The van der Waals surface area contributed by atoms with Crippen LogP contribution in [0.3, 0.4) is 0 Å². The highest BCUT2D eigenvalue weighted by atomic mass is 16.5. The summed E-state index contributed by atoms with van der Waals surface area (Å²) in [6.45, 7) is 5.05. The highest BCUT2D eigenvalue weighted by Crippen LogP contribution is 2.37. The minimum atomic E-state index is 0.704. The molecule has 2 aliphatic rings. The van der Waals surface area contributed by atoms with Gasteiger partial charge in [-0.05, 0) is 86.6 Å². The molecular weight excluding hydrogens is 364 g/mol. The molecule has 164 valence electrons. The zero-order chi connectivity index (χ0) is 21.0. The molecule has 1 aromatic carbocycles. The van der Waals surface area contributed by atoms with Crippen LogP contribution in [-0.4, -0.2) is 6.61 Å². The van der Waals surface area contributed by atoms with Gasteiger partial charge in [0, 0.05) is 5.56 Å². The van der Waals surface area contributed by atoms with E-state index < -0.39 is 0 Å². The molecule has 0 radical (unpaired) electrons. The Morgan fingerprint density at radius 2 is 1.37 bits per heavy atom. The first-order chi connectivity index (χ1) is 14.8. The maximum Gasteiger partial charge on any atom is 0.119 e. The zero-order valence-electron chi connectivity index (χ0n) is 19.4. The van der Waals surface area contributed by atoms with Gasteiger partial charge in [0.1, 0.15) is 5.75 Å². The van der Waals surface area contributed by atoms with E-state index in [0.717, 1.165) is 35.0 Å². The smallest absolute Gasteiger partial charge is 0.119 e. The highest BCUT2D eigenvalue weighted by Gasteiger charge is 2.23. The maximum atomic E-state index is 5.48. The molecule has 1 heteroatoms. The molecule has 0 bridgehead atoms. The van der Waals surface area contributed by atoms with Crippen LogP contribution in [0.4, 0.5) is 0 Å². The molecule has 0 amide bonds. The topological polar surface area (TPSA) is 9.23 Å². The van der Waals surface area contributed by atoms with Crippen LogP contribution in [-0.2, 0) is 0 Å². The SMILES string of the molecule is CCCC1CCC(CCC2CCC(C=CC#Cc3ccc(OCC)cc3)CC2)CC1. The molecule has 0 unspecified atom stereocenters. The molecule has 1 nitrogen and oxygen atoms in total. The van der Waals surface area contributed by atoms with E-state index in [-0.39, 0.29) is 0 Å². The highest BCUT2D eigenvalue weighted by molar-refractivity contribution is 5.40. The normalized spacial score (nSPS) is 26.9. The van der Waals surface area contributed by atoms with Crippen LogP contribution in [0.1, 0.15) is 96.5 Å². The van der Waals surface area contributed by atoms with E-state index in [1.165, 1.54) is 77.0 Å². The van der Waals surface area contributed by atoms with Crippen LogP contribution in [0.5, 0.6) is 5.75 Å². The van der Waals surface area contributed by atoms with Crippen molar-refractivity contribution in [2.75, 3.05) is 6.61 Å². The van der Waals surface area contributed by atoms with Gasteiger partial charge < -0.3 is 4.74 Å². The molecule has 3 rings (SSSR count). The molecule has 0 atom stereocenters. The fraction of sp³-hybridized carbons (Fsp3) is 0.655. The van der Waals surface area contributed by atoms with Crippen LogP contribution in [0.2, 0.25) is 0 Å². The lowest BCUT2D eigenvalue weighted by molar-refractivity contribution is 0.221. The molecule has 2 saturated carbocycles. The first-order valence-electron chi connectivity index (χ1n) is 12.7. The van der Waals surface area contributed by atoms with Crippen molar-refractivity contribution in [3.63, 3.8) is 0 Å². The summed E-state index contributed by atoms with van der Waals surface area (Å²) in [6.07, 6.45) is 21.9. The lowest BCUT2D eigenvalue weighted by Gasteiger charge is -2.31. The molecule has 0 saturated heterocycles. The average Bonchev–Trinajstić information content (AvgIpc) is 2.78. The lowest BCUT2D eigenvalue weighted by atomic mass is 9.75. The van der Waals surface area contributed by atoms with E-state index in [2.05, 4.69) is 30.9 Å². The zero-order valence-corrected chi connectivity index (χ0v) is 19.4. The fourth-order valence-corrected chi connectivity index (χ4v) is 5.47. The summed E-state index contributed by atoms with van der Waals surface area (Å²) in [5.74, 6) is 11.2. The Kier molecular flexibility index (Phi) is 9.88. The van der Waals surface area contributed by atoms with Crippen molar-refractivity contribution in [3.8, 4) is 17.6 Å². The third kappa shape index (κ3) is 7.86. The van der Waals surface area contributed by atoms with Gasteiger partial charge in [0.15, 0.2) is 0 Å². The van der Waals surface area contributed by atoms with Crippen molar-refractivity contribution < 1.29 is 4.74 Å². The predicted octanol–water partition coefficient (Wildman–Crippen LogP) is 8.19. The largest absolute Gasteiger partial charge is 0.494 e. The van der Waals surface area contributed by atoms with E-state index in [0.29, 0.717) is 6.61 Å². The molecule has 2 aliphatic carbocycles. The van der Waals surface area contributed by atoms with E-state index >= 15 is 0 Å². The van der Waals surface area contributed by atoms with Gasteiger partial charge in [-0.25, -0.2) is 0 Å². The third-order valence-corrected chi connectivity index (χ3v) is 7.37. The molecule has 1 aromatic rings. The number of ether oxygens (including phenoxy) is 1. The van der Waals surface area contributed by atoms with Gasteiger partial charge in [0.25, 0.3) is 0 Å². The monoisotopic (exact) mass is 406 g/mol. The maximum absolute atomic E-state index is 5.48. The lowest BCUT2D eigenvalue weighted by Crippen LogP contribution is -2.17. The Bertz CT molecular complexity index is 673. The van der Waals surface area contributed by atoms with Crippen LogP contribution >= 0.6 is 0 Å². The number of allylic oxidation sites excluding steroid dienone is 2. The standard InChI is InChI=1S/C29H42O/c1-3-7-24-10-14-27(15-11-24)18-19-28-16-12-25(13-17-28)8-5-6-9-26-20-22-29(23-21-26)30-4-2/h5,8,20-25,27-28H,3-4,7,10-19H2,1-2H3. The van der Waals surface area contributed by atoms with Gasteiger partial charge in [0.2, 0.25) is 0 Å². The molecule has 0 N–H and O–H groups in total. The molecule has 2 fully saturated rings. The van der Waals surface area contributed by atoms with Crippen LogP contribution < -0.4 is 4.74 Å². The van der Waals surface area contributed by atoms with Crippen LogP contribution in [0, 0.1) is 35.5 Å². The van der Waals surface area contributed by atoms with Gasteiger partial charge in [-0.2, -0.15) is 0 Å². The van der Waals surface area contributed by atoms with E-state index in [1.54, 1.807) is 0 Å². The van der Waals surface area contributed by atoms with Crippen molar-refractivity contribution in [2.24, 2.45) is 23.7 Å². The van der Waals surface area contributed by atoms with Gasteiger partial charge in [-0.3, -0.25) is 0 Å². The summed E-state index contributed by atoms with van der Waals surface area (Å²) in [5.41, 5.74) is 1.05. The summed E-state index contributed by atoms with van der Waals surface area (Å²) in [5, 5.41) is 0. The van der Waals surface area contributed by atoms with Gasteiger partial charge in [-0.15, -0.1) is 0 Å². The van der Waals surface area contributed by atoms with Crippen LogP contribution in [0.15, 0.2) is 36.4 Å². The summed E-state index contributed by atoms with van der Waals surface area (Å²) in [4.78, 5) is 0. The Hall–Kier alpha value is -1.68. The summed E-state index contributed by atoms with van der Waals surface area (Å²) in [6, 6.07) is 8.06. The third-order valence-electron chi connectivity index (χ3n) is 7.37. The van der Waals surface area contributed by atoms with Crippen molar-refractivity contribution in [1.29, 1.82) is 0 Å². The summed E-state index contributed by atoms with van der Waals surface area (Å²) in [7, 11) is 0. The minimum Gasteiger partial charge on any atom is -0.494 e. The molecular formula is C29H42O. The van der Waals surface area contributed by atoms with Gasteiger partial charge in [0.05, 0.1) is 6.61 Å². The van der Waals surface area contributed by atoms with Gasteiger partial charge >= 0.3 is 0 Å². The number of hydrogen-bond donors (Lipinski definition) is 0. The summed E-state index contributed by atoms with van der Waals surface area (Å²) < 4.78 is 5.48. The van der Waals surface area contributed by atoms with Crippen molar-refractivity contribution >= 4 is 0 Å². The molecule has 0 spiro atoms. The van der Waals surface area contributed by atoms with E-state index in [9.17, 15) is 0 Å². The fourth-order valence-electron chi connectivity index (χ4n) is 5.47. The second kappa shape index (κ2) is 12.9. The van der Waals surface area contributed by atoms with E-state index in [4.69, 9.17) is 4.74 Å². The summed E-state index contributed by atoms with van der Waals surface area (Å²) >= 11 is 0. The quantitative estimate of drug-likeness (QED) is 0.395. The molecule has 0 aliphatic heterocycles. The molecule has 0 heterocycles. The number of benzene rings is 1. The Morgan fingerprint density at radius 1 is 0.800 bits per heavy atom. The molecule has 0 aromatic heterocycles. The first kappa shape index (κ1) is 23.0.